The van der Waals surface area contributed by atoms with E-state index in [0.29, 0.717) is 13.0 Å². The number of fused-ring (bicyclic) bond motifs is 1. The van der Waals surface area contributed by atoms with Crippen molar-refractivity contribution in [1.29, 1.82) is 0 Å². The van der Waals surface area contributed by atoms with Gasteiger partial charge in [0.05, 0.1) is 0 Å². The van der Waals surface area contributed by atoms with E-state index >= 15 is 0 Å². The van der Waals surface area contributed by atoms with Crippen LogP contribution in [0.1, 0.15) is 12.8 Å². The van der Waals surface area contributed by atoms with Crippen LogP contribution in [0.3, 0.4) is 0 Å². The zero-order valence-electron chi connectivity index (χ0n) is 11.8. The predicted octanol–water partition coefficient (Wildman–Crippen LogP) is 1.24. The molecule has 0 saturated carbocycles. The van der Waals surface area contributed by atoms with Gasteiger partial charge in [0.15, 0.2) is 11.5 Å². The van der Waals surface area contributed by atoms with E-state index in [1.165, 1.54) is 6.26 Å². The summed E-state index contributed by atoms with van der Waals surface area (Å²) in [6.07, 6.45) is 2.51. The summed E-state index contributed by atoms with van der Waals surface area (Å²) < 4.78 is 33.9. The van der Waals surface area contributed by atoms with Crippen molar-refractivity contribution in [1.82, 2.24) is 5.32 Å². The minimum absolute atomic E-state index is 0.0742. The van der Waals surface area contributed by atoms with Crippen molar-refractivity contribution in [3.05, 3.63) is 24.3 Å². The molecule has 5 nitrogen and oxygen atoms in total. The topological polar surface area (TPSA) is 64.6 Å². The van der Waals surface area contributed by atoms with Crippen molar-refractivity contribution in [2.75, 3.05) is 25.7 Å². The molecule has 1 aliphatic heterocycles. The minimum Gasteiger partial charge on any atom is -0.486 e. The third-order valence-corrected chi connectivity index (χ3v) is 4.41. The Labute approximate surface area is 120 Å². The first kappa shape index (κ1) is 15.1. The molecule has 1 heterocycles. The Morgan fingerprint density at radius 3 is 2.70 bits per heavy atom. The van der Waals surface area contributed by atoms with Crippen molar-refractivity contribution in [2.24, 2.45) is 0 Å². The number of hydrogen-bond donors (Lipinski definition) is 1. The molecular formula is C14H21NO4S. The monoisotopic (exact) mass is 299 g/mol. The van der Waals surface area contributed by atoms with E-state index in [1.807, 2.05) is 31.3 Å². The summed E-state index contributed by atoms with van der Waals surface area (Å²) in [5, 5.41) is 3.19. The Morgan fingerprint density at radius 1 is 1.35 bits per heavy atom. The van der Waals surface area contributed by atoms with E-state index in [1.54, 1.807) is 0 Å². The Kier molecular flexibility index (Phi) is 4.88. The molecule has 6 heteroatoms. The SMILES string of the molecule is CNC(CCCS(C)(=O)=O)C1COc2ccccc2O1. The highest BCUT2D eigenvalue weighted by Gasteiger charge is 2.27. The zero-order chi connectivity index (χ0) is 14.6. The van der Waals surface area contributed by atoms with Crippen molar-refractivity contribution in [3.8, 4) is 11.5 Å². The van der Waals surface area contributed by atoms with Crippen LogP contribution in [0.4, 0.5) is 0 Å². The van der Waals surface area contributed by atoms with Gasteiger partial charge in [-0.2, -0.15) is 0 Å². The van der Waals surface area contributed by atoms with Crippen LogP contribution in [0, 0.1) is 0 Å². The van der Waals surface area contributed by atoms with Gasteiger partial charge in [-0.05, 0) is 32.0 Å². The first-order chi connectivity index (χ1) is 9.49. The van der Waals surface area contributed by atoms with Crippen LogP contribution >= 0.6 is 0 Å². The maximum atomic E-state index is 11.2. The molecule has 0 aliphatic carbocycles. The van der Waals surface area contributed by atoms with Gasteiger partial charge in [-0.1, -0.05) is 12.1 Å². The second kappa shape index (κ2) is 6.45. The van der Waals surface area contributed by atoms with Crippen LogP contribution in [0.25, 0.3) is 0 Å². The summed E-state index contributed by atoms with van der Waals surface area (Å²) >= 11 is 0. The van der Waals surface area contributed by atoms with Gasteiger partial charge in [-0.25, -0.2) is 8.42 Å². The Hall–Kier alpha value is -1.27. The highest BCUT2D eigenvalue weighted by atomic mass is 32.2. The van der Waals surface area contributed by atoms with Crippen LogP contribution in [-0.4, -0.2) is 46.2 Å². The summed E-state index contributed by atoms with van der Waals surface area (Å²) in [7, 11) is -1.05. The molecule has 1 aliphatic rings. The number of nitrogens with one attached hydrogen (secondary N) is 1. The van der Waals surface area contributed by atoms with E-state index in [2.05, 4.69) is 5.32 Å². The fourth-order valence-corrected chi connectivity index (χ4v) is 3.01. The molecule has 2 unspecified atom stereocenters. The number of benzene rings is 1. The lowest BCUT2D eigenvalue weighted by molar-refractivity contribution is 0.0615. The van der Waals surface area contributed by atoms with E-state index < -0.39 is 9.84 Å². The van der Waals surface area contributed by atoms with Gasteiger partial charge < -0.3 is 14.8 Å². The first-order valence-corrected chi connectivity index (χ1v) is 8.79. The zero-order valence-corrected chi connectivity index (χ0v) is 12.7. The normalized spacial score (nSPS) is 19.6. The average molecular weight is 299 g/mol. The number of likely N-dealkylation sites (N-methyl/N-ethyl adjacent to an activating group) is 1. The number of rotatable bonds is 6. The molecule has 0 bridgehead atoms. The molecule has 0 spiro atoms. The van der Waals surface area contributed by atoms with E-state index in [9.17, 15) is 8.42 Å². The highest BCUT2D eigenvalue weighted by molar-refractivity contribution is 7.90. The molecule has 2 atom stereocenters. The second-order valence-electron chi connectivity index (χ2n) is 5.08. The largest absolute Gasteiger partial charge is 0.486 e. The lowest BCUT2D eigenvalue weighted by Crippen LogP contribution is -2.46. The molecule has 0 amide bonds. The summed E-state index contributed by atoms with van der Waals surface area (Å²) in [6, 6.07) is 7.64. The Morgan fingerprint density at radius 2 is 2.05 bits per heavy atom. The second-order valence-corrected chi connectivity index (χ2v) is 7.34. The summed E-state index contributed by atoms with van der Waals surface area (Å²) in [5.74, 6) is 1.71. The van der Waals surface area contributed by atoms with Crippen molar-refractivity contribution >= 4 is 9.84 Å². The molecule has 0 fully saturated rings. The molecule has 112 valence electrons. The molecule has 2 rings (SSSR count). The van der Waals surface area contributed by atoms with Crippen LogP contribution in [0.5, 0.6) is 11.5 Å². The first-order valence-electron chi connectivity index (χ1n) is 6.73. The van der Waals surface area contributed by atoms with E-state index in [4.69, 9.17) is 9.47 Å². The Balaban J connectivity index is 1.93. The Bertz CT molecular complexity index is 544. The standard InChI is InChI=1S/C14H21NO4S/c1-15-11(6-5-9-20(2,16)17)14-10-18-12-7-3-4-8-13(12)19-14/h3-4,7-8,11,14-15H,5-6,9-10H2,1-2H3. The highest BCUT2D eigenvalue weighted by Crippen LogP contribution is 2.32. The van der Waals surface area contributed by atoms with Crippen LogP contribution in [0.2, 0.25) is 0 Å². The van der Waals surface area contributed by atoms with Crippen LogP contribution in [0.15, 0.2) is 24.3 Å². The third-order valence-electron chi connectivity index (χ3n) is 3.38. The molecule has 20 heavy (non-hydrogen) atoms. The van der Waals surface area contributed by atoms with Crippen molar-refractivity contribution in [3.63, 3.8) is 0 Å². The van der Waals surface area contributed by atoms with Gasteiger partial charge in [-0.15, -0.1) is 0 Å². The average Bonchev–Trinajstić information content (AvgIpc) is 2.42. The molecular weight excluding hydrogens is 278 g/mol. The molecule has 1 N–H and O–H groups in total. The molecule has 0 aromatic heterocycles. The summed E-state index contributed by atoms with van der Waals surface area (Å²) in [4.78, 5) is 0. The quantitative estimate of drug-likeness (QED) is 0.856. The number of hydrogen-bond acceptors (Lipinski definition) is 5. The lowest BCUT2D eigenvalue weighted by Gasteiger charge is -2.32. The number of ether oxygens (including phenoxy) is 2. The molecule has 0 saturated heterocycles. The maximum absolute atomic E-state index is 11.2. The molecule has 1 aromatic rings. The smallest absolute Gasteiger partial charge is 0.161 e. The van der Waals surface area contributed by atoms with E-state index in [-0.39, 0.29) is 17.9 Å². The predicted molar refractivity (Wildman–Crippen MR) is 78.1 cm³/mol. The molecule has 1 aromatic carbocycles. The third kappa shape index (κ3) is 4.11. The summed E-state index contributed by atoms with van der Waals surface area (Å²) in [5.41, 5.74) is 0. The molecule has 0 radical (unpaired) electrons. The minimum atomic E-state index is -2.91. The number of para-hydroxylation sites is 2. The number of sulfone groups is 1. The van der Waals surface area contributed by atoms with Crippen LogP contribution in [-0.2, 0) is 9.84 Å². The fraction of sp³-hybridized carbons (Fsp3) is 0.571. The van der Waals surface area contributed by atoms with Gasteiger partial charge in [0.25, 0.3) is 0 Å². The van der Waals surface area contributed by atoms with Crippen molar-refractivity contribution < 1.29 is 17.9 Å². The lowest BCUT2D eigenvalue weighted by atomic mass is 10.1. The van der Waals surface area contributed by atoms with Crippen LogP contribution < -0.4 is 14.8 Å². The van der Waals surface area contributed by atoms with Gasteiger partial charge in [0, 0.05) is 18.1 Å². The van der Waals surface area contributed by atoms with Crippen molar-refractivity contribution in [2.45, 2.75) is 25.0 Å². The fourth-order valence-electron chi connectivity index (χ4n) is 2.32. The van der Waals surface area contributed by atoms with Gasteiger partial charge in [0.1, 0.15) is 22.5 Å². The van der Waals surface area contributed by atoms with Gasteiger partial charge >= 0.3 is 0 Å². The summed E-state index contributed by atoms with van der Waals surface area (Å²) in [6.45, 7) is 0.474. The van der Waals surface area contributed by atoms with Gasteiger partial charge in [-0.3, -0.25) is 0 Å². The maximum Gasteiger partial charge on any atom is 0.161 e. The van der Waals surface area contributed by atoms with Gasteiger partial charge in [0.2, 0.25) is 0 Å². The van der Waals surface area contributed by atoms with E-state index in [0.717, 1.165) is 17.9 Å².